The zero-order chi connectivity index (χ0) is 17.0. The molecule has 0 N–H and O–H groups in total. The van der Waals surface area contributed by atoms with Crippen LogP contribution in [0.3, 0.4) is 0 Å². The van der Waals surface area contributed by atoms with Crippen LogP contribution in [0.25, 0.3) is 0 Å². The molecule has 23 heavy (non-hydrogen) atoms. The van der Waals surface area contributed by atoms with Crippen LogP contribution in [0.1, 0.15) is 26.3 Å². The zero-order valence-electron chi connectivity index (χ0n) is 13.7. The summed E-state index contributed by atoms with van der Waals surface area (Å²) in [5, 5.41) is 0.628. The van der Waals surface area contributed by atoms with Crippen LogP contribution in [-0.4, -0.2) is 35.8 Å². The van der Waals surface area contributed by atoms with Gasteiger partial charge < -0.3 is 4.74 Å². The van der Waals surface area contributed by atoms with Gasteiger partial charge in [0.1, 0.15) is 11.7 Å². The van der Waals surface area contributed by atoms with Crippen LogP contribution in [-0.2, 0) is 9.53 Å². The predicted molar refractivity (Wildman–Crippen MR) is 92.6 cm³/mol. The van der Waals surface area contributed by atoms with Gasteiger partial charge in [0.2, 0.25) is 0 Å². The second kappa shape index (κ2) is 7.73. The van der Waals surface area contributed by atoms with Crippen molar-refractivity contribution >= 4 is 28.6 Å². The fourth-order valence-corrected chi connectivity index (χ4v) is 2.96. The Morgan fingerprint density at radius 3 is 2.52 bits per heavy atom. The summed E-state index contributed by atoms with van der Waals surface area (Å²) in [4.78, 5) is 21.6. The van der Waals surface area contributed by atoms with Crippen LogP contribution in [0.15, 0.2) is 34.3 Å². The maximum atomic E-state index is 13.2. The van der Waals surface area contributed by atoms with Gasteiger partial charge in [-0.25, -0.2) is 9.38 Å². The maximum absolute atomic E-state index is 13.2. The van der Waals surface area contributed by atoms with E-state index in [0.29, 0.717) is 17.5 Å². The van der Waals surface area contributed by atoms with Gasteiger partial charge in [-0.1, -0.05) is 37.7 Å². The monoisotopic (exact) mass is 336 g/mol. The largest absolute Gasteiger partial charge is 0.465 e. The highest BCUT2D eigenvalue weighted by atomic mass is 32.2. The Labute approximate surface area is 140 Å². The summed E-state index contributed by atoms with van der Waals surface area (Å²) in [6.07, 6.45) is 1.90. The molecule has 0 amide bonds. The minimum absolute atomic E-state index is 0.150. The van der Waals surface area contributed by atoms with Crippen LogP contribution < -0.4 is 0 Å². The third kappa shape index (κ3) is 3.99. The molecule has 4 nitrogen and oxygen atoms in total. The van der Waals surface area contributed by atoms with Crippen molar-refractivity contribution in [2.75, 3.05) is 12.9 Å². The number of esters is 1. The molecule has 2 unspecified atom stereocenters. The van der Waals surface area contributed by atoms with Crippen LogP contribution in [0.4, 0.5) is 4.39 Å². The van der Waals surface area contributed by atoms with Crippen molar-refractivity contribution in [1.82, 2.24) is 0 Å². The number of rotatable bonds is 4. The average molecular weight is 336 g/mol. The van der Waals surface area contributed by atoms with E-state index in [9.17, 15) is 9.18 Å². The SMILES string of the molecule is CCOC(=O)C1C(c2ccc(F)cc2)=NC(SC)=NC1C(C)C. The molecule has 2 rings (SSSR count). The maximum Gasteiger partial charge on any atom is 0.317 e. The first-order chi connectivity index (χ1) is 11.0. The molecule has 1 aliphatic rings. The number of carbonyl (C=O) groups is 1. The van der Waals surface area contributed by atoms with E-state index in [4.69, 9.17) is 4.74 Å². The topological polar surface area (TPSA) is 51.0 Å². The lowest BCUT2D eigenvalue weighted by Crippen LogP contribution is -2.41. The number of halogens is 1. The van der Waals surface area contributed by atoms with Gasteiger partial charge >= 0.3 is 5.97 Å². The number of nitrogens with zero attached hydrogens (tertiary/aromatic N) is 2. The van der Waals surface area contributed by atoms with Crippen molar-refractivity contribution in [3.63, 3.8) is 0 Å². The summed E-state index contributed by atoms with van der Waals surface area (Å²) < 4.78 is 18.5. The summed E-state index contributed by atoms with van der Waals surface area (Å²) in [5.74, 6) is -1.08. The summed E-state index contributed by atoms with van der Waals surface area (Å²) in [7, 11) is 0. The van der Waals surface area contributed by atoms with E-state index in [0.717, 1.165) is 5.56 Å². The van der Waals surface area contributed by atoms with Crippen molar-refractivity contribution in [3.8, 4) is 0 Å². The lowest BCUT2D eigenvalue weighted by atomic mass is 9.83. The highest BCUT2D eigenvalue weighted by Gasteiger charge is 2.39. The van der Waals surface area contributed by atoms with E-state index in [-0.39, 0.29) is 23.7 Å². The van der Waals surface area contributed by atoms with Gasteiger partial charge in [-0.3, -0.25) is 9.79 Å². The summed E-state index contributed by atoms with van der Waals surface area (Å²) in [5.41, 5.74) is 1.32. The molecule has 0 aliphatic carbocycles. The van der Waals surface area contributed by atoms with Crippen molar-refractivity contribution < 1.29 is 13.9 Å². The summed E-state index contributed by atoms with van der Waals surface area (Å²) >= 11 is 1.43. The molecule has 0 saturated heterocycles. The van der Waals surface area contributed by atoms with Gasteiger partial charge in [0.05, 0.1) is 18.4 Å². The molecular formula is C17H21FN2O2S. The molecule has 0 radical (unpaired) electrons. The number of amidine groups is 1. The number of ether oxygens (including phenoxy) is 1. The number of hydrogen-bond acceptors (Lipinski definition) is 5. The van der Waals surface area contributed by atoms with Crippen molar-refractivity contribution in [2.24, 2.45) is 21.8 Å². The minimum Gasteiger partial charge on any atom is -0.465 e. The average Bonchev–Trinajstić information content (AvgIpc) is 2.54. The van der Waals surface area contributed by atoms with E-state index in [2.05, 4.69) is 9.98 Å². The predicted octanol–water partition coefficient (Wildman–Crippen LogP) is 3.55. The second-order valence-electron chi connectivity index (χ2n) is 5.58. The van der Waals surface area contributed by atoms with Crippen molar-refractivity contribution in [1.29, 1.82) is 0 Å². The van der Waals surface area contributed by atoms with Gasteiger partial charge in [0.25, 0.3) is 0 Å². The van der Waals surface area contributed by atoms with Gasteiger partial charge in [-0.2, -0.15) is 0 Å². The molecule has 1 aliphatic heterocycles. The van der Waals surface area contributed by atoms with Crippen LogP contribution in [0.5, 0.6) is 0 Å². The Kier molecular flexibility index (Phi) is 5.93. The van der Waals surface area contributed by atoms with Gasteiger partial charge in [0.15, 0.2) is 5.17 Å². The molecule has 2 atom stereocenters. The molecule has 0 bridgehead atoms. The standard InChI is InChI=1S/C17H21FN2O2S/c1-5-22-16(21)13-14(10(2)3)19-17(23-4)20-15(13)11-6-8-12(18)9-7-11/h6-10,13-14H,5H2,1-4H3. The molecule has 0 spiro atoms. The van der Waals surface area contributed by atoms with E-state index in [1.165, 1.54) is 23.9 Å². The molecule has 6 heteroatoms. The lowest BCUT2D eigenvalue weighted by molar-refractivity contribution is -0.146. The number of thioether (sulfide) groups is 1. The first-order valence-electron chi connectivity index (χ1n) is 7.60. The molecule has 0 saturated carbocycles. The van der Waals surface area contributed by atoms with Gasteiger partial charge in [-0.15, -0.1) is 0 Å². The summed E-state index contributed by atoms with van der Waals surface area (Å²) in [6, 6.07) is 5.78. The van der Waals surface area contributed by atoms with Gasteiger partial charge in [-0.05, 0) is 36.8 Å². The second-order valence-corrected chi connectivity index (χ2v) is 6.36. The van der Waals surface area contributed by atoms with Crippen molar-refractivity contribution in [2.45, 2.75) is 26.8 Å². The van der Waals surface area contributed by atoms with Crippen molar-refractivity contribution in [3.05, 3.63) is 35.6 Å². The highest BCUT2D eigenvalue weighted by molar-refractivity contribution is 8.13. The Hall–Kier alpha value is -1.69. The lowest BCUT2D eigenvalue weighted by Gasteiger charge is -2.30. The quantitative estimate of drug-likeness (QED) is 0.790. The fourth-order valence-electron chi connectivity index (χ4n) is 2.55. The minimum atomic E-state index is -0.573. The molecule has 1 aromatic carbocycles. The Morgan fingerprint density at radius 2 is 2.00 bits per heavy atom. The van der Waals surface area contributed by atoms with E-state index in [1.807, 2.05) is 20.1 Å². The first-order valence-corrected chi connectivity index (χ1v) is 8.83. The van der Waals surface area contributed by atoms with Gasteiger partial charge in [0, 0.05) is 0 Å². The molecule has 0 fully saturated rings. The van der Waals surface area contributed by atoms with E-state index in [1.54, 1.807) is 19.1 Å². The molecule has 1 aromatic rings. The Balaban J connectivity index is 2.51. The molecule has 124 valence electrons. The number of hydrogen-bond donors (Lipinski definition) is 0. The number of aliphatic imine (C=N–C) groups is 2. The Morgan fingerprint density at radius 1 is 1.35 bits per heavy atom. The van der Waals surface area contributed by atoms with Crippen LogP contribution in [0.2, 0.25) is 0 Å². The zero-order valence-corrected chi connectivity index (χ0v) is 14.6. The first kappa shape index (κ1) is 17.7. The molecule has 1 heterocycles. The molecular weight excluding hydrogens is 315 g/mol. The van der Waals surface area contributed by atoms with E-state index < -0.39 is 5.92 Å². The smallest absolute Gasteiger partial charge is 0.317 e. The summed E-state index contributed by atoms with van der Waals surface area (Å²) in [6.45, 7) is 6.12. The third-order valence-electron chi connectivity index (χ3n) is 3.66. The molecule has 0 aromatic heterocycles. The fraction of sp³-hybridized carbons (Fsp3) is 0.471. The van der Waals surface area contributed by atoms with E-state index >= 15 is 0 Å². The Bertz CT molecular complexity index is 626. The highest BCUT2D eigenvalue weighted by Crippen LogP contribution is 2.29. The van der Waals surface area contributed by atoms with Crippen LogP contribution >= 0.6 is 11.8 Å². The number of carbonyl (C=O) groups excluding carboxylic acids is 1. The van der Waals surface area contributed by atoms with Crippen LogP contribution in [0, 0.1) is 17.7 Å². The third-order valence-corrected chi connectivity index (χ3v) is 4.22. The normalized spacial score (nSPS) is 21.0. The number of benzene rings is 1.